The number of nitrogens with one attached hydrogen (secondary N) is 3. The molecule has 0 saturated heterocycles. The van der Waals surface area contributed by atoms with Gasteiger partial charge in [-0.25, -0.2) is 4.79 Å². The van der Waals surface area contributed by atoms with E-state index in [2.05, 4.69) is 16.0 Å². The number of hydrogen-bond acceptors (Lipinski definition) is 7. The van der Waals surface area contributed by atoms with Gasteiger partial charge in [0.2, 0.25) is 23.6 Å². The number of thioether (sulfide) groups is 1. The van der Waals surface area contributed by atoms with E-state index in [0.717, 1.165) is 0 Å². The minimum absolute atomic E-state index is 0.0700. The van der Waals surface area contributed by atoms with Crippen LogP contribution >= 0.6 is 11.8 Å². The van der Waals surface area contributed by atoms with Crippen LogP contribution in [0.2, 0.25) is 0 Å². The summed E-state index contributed by atoms with van der Waals surface area (Å²) in [7, 11) is 0. The van der Waals surface area contributed by atoms with Crippen LogP contribution in [0, 0.1) is 0 Å². The van der Waals surface area contributed by atoms with Gasteiger partial charge in [0, 0.05) is 6.42 Å². The number of carboxylic acids is 1. The lowest BCUT2D eigenvalue weighted by Gasteiger charge is -2.22. The molecule has 160 valence electrons. The molecule has 0 aromatic carbocycles. The smallest absolute Gasteiger partial charge is 0.326 e. The lowest BCUT2D eigenvalue weighted by Crippen LogP contribution is -2.56. The summed E-state index contributed by atoms with van der Waals surface area (Å²) in [6.07, 6.45) is 1.81. The predicted molar refractivity (Wildman–Crippen MR) is 104 cm³/mol. The molecule has 0 radical (unpaired) electrons. The van der Waals surface area contributed by atoms with Crippen LogP contribution in [0.1, 0.15) is 33.1 Å². The summed E-state index contributed by atoms with van der Waals surface area (Å²) in [4.78, 5) is 58.6. The molecule has 0 fully saturated rings. The van der Waals surface area contributed by atoms with Gasteiger partial charge in [-0.3, -0.25) is 19.2 Å². The summed E-state index contributed by atoms with van der Waals surface area (Å²) >= 11 is 1.44. The van der Waals surface area contributed by atoms with Gasteiger partial charge < -0.3 is 32.5 Å². The van der Waals surface area contributed by atoms with Crippen molar-refractivity contribution >= 4 is 41.4 Å². The fourth-order valence-corrected chi connectivity index (χ4v) is 2.50. The first-order valence-corrected chi connectivity index (χ1v) is 10.1. The second-order valence-electron chi connectivity index (χ2n) is 6.27. The molecule has 11 nitrogen and oxygen atoms in total. The van der Waals surface area contributed by atoms with Crippen molar-refractivity contribution in [3.8, 4) is 0 Å². The molecule has 4 unspecified atom stereocenters. The van der Waals surface area contributed by atoms with Crippen LogP contribution in [0.3, 0.4) is 0 Å². The van der Waals surface area contributed by atoms with Crippen molar-refractivity contribution in [3.63, 3.8) is 0 Å². The van der Waals surface area contributed by atoms with Gasteiger partial charge in [0.1, 0.15) is 18.1 Å². The zero-order valence-electron chi connectivity index (χ0n) is 16.2. The third-order valence-corrected chi connectivity index (χ3v) is 4.35. The maximum atomic E-state index is 12.4. The number of amides is 4. The van der Waals surface area contributed by atoms with E-state index in [0.29, 0.717) is 5.75 Å². The first kappa shape index (κ1) is 25.7. The van der Waals surface area contributed by atoms with Crippen LogP contribution in [0.25, 0.3) is 0 Å². The number of carboxylic acid groups (broad SMARTS) is 1. The largest absolute Gasteiger partial charge is 0.480 e. The maximum absolute atomic E-state index is 12.4. The molecule has 0 saturated carbocycles. The minimum Gasteiger partial charge on any atom is -0.480 e. The molecule has 0 aromatic rings. The Morgan fingerprint density at radius 1 is 0.929 bits per heavy atom. The highest BCUT2D eigenvalue weighted by atomic mass is 32.2. The number of rotatable bonds is 13. The second-order valence-corrected chi connectivity index (χ2v) is 7.25. The summed E-state index contributed by atoms with van der Waals surface area (Å²) in [5, 5.41) is 16.3. The van der Waals surface area contributed by atoms with Crippen LogP contribution in [0.15, 0.2) is 0 Å². The van der Waals surface area contributed by atoms with Gasteiger partial charge in [0.15, 0.2) is 0 Å². The summed E-state index contributed by atoms with van der Waals surface area (Å²) in [5.74, 6) is -3.30. The van der Waals surface area contributed by atoms with E-state index in [4.69, 9.17) is 16.6 Å². The van der Waals surface area contributed by atoms with Gasteiger partial charge in [-0.1, -0.05) is 0 Å². The highest BCUT2D eigenvalue weighted by Gasteiger charge is 2.27. The van der Waals surface area contributed by atoms with E-state index in [9.17, 15) is 24.0 Å². The maximum Gasteiger partial charge on any atom is 0.326 e. The van der Waals surface area contributed by atoms with Crippen molar-refractivity contribution in [1.29, 1.82) is 0 Å². The standard InChI is InChI=1S/C16H29N5O6S/c1-8(17)13(23)20-10(4-5-12(18)22)15(25)19-9(2)14(24)21-11(16(26)27)6-7-28-3/h8-11H,4-7,17H2,1-3H3,(H2,18,22)(H,19,25)(H,20,23)(H,21,24)(H,26,27). The molecule has 0 aliphatic heterocycles. The van der Waals surface area contributed by atoms with E-state index in [1.807, 2.05) is 6.26 Å². The van der Waals surface area contributed by atoms with Crippen molar-refractivity contribution in [2.45, 2.75) is 57.3 Å². The van der Waals surface area contributed by atoms with Gasteiger partial charge in [0.25, 0.3) is 0 Å². The molecular formula is C16H29N5O6S. The van der Waals surface area contributed by atoms with E-state index < -0.39 is 53.8 Å². The number of nitrogens with two attached hydrogens (primary N) is 2. The van der Waals surface area contributed by atoms with Crippen molar-refractivity contribution in [3.05, 3.63) is 0 Å². The molecule has 0 aliphatic carbocycles. The molecule has 4 amide bonds. The van der Waals surface area contributed by atoms with Gasteiger partial charge >= 0.3 is 5.97 Å². The first-order chi connectivity index (χ1) is 13.0. The molecule has 0 bridgehead atoms. The van der Waals surface area contributed by atoms with Gasteiger partial charge in [-0.2, -0.15) is 11.8 Å². The van der Waals surface area contributed by atoms with Gasteiger partial charge in [-0.05, 0) is 38.7 Å². The molecule has 0 heterocycles. The van der Waals surface area contributed by atoms with Crippen molar-refractivity contribution in [2.24, 2.45) is 11.5 Å². The van der Waals surface area contributed by atoms with Crippen LogP contribution in [-0.2, 0) is 24.0 Å². The normalized spacial score (nSPS) is 14.9. The number of hydrogen-bond donors (Lipinski definition) is 6. The highest BCUT2D eigenvalue weighted by Crippen LogP contribution is 2.03. The summed E-state index contributed by atoms with van der Waals surface area (Å²) in [5.41, 5.74) is 10.5. The third kappa shape index (κ3) is 10.1. The number of aliphatic carboxylic acids is 1. The summed E-state index contributed by atoms with van der Waals surface area (Å²) in [6.45, 7) is 2.80. The Morgan fingerprint density at radius 3 is 1.96 bits per heavy atom. The Labute approximate surface area is 167 Å². The van der Waals surface area contributed by atoms with Crippen LogP contribution in [0.5, 0.6) is 0 Å². The topological polar surface area (TPSA) is 194 Å². The average Bonchev–Trinajstić information content (AvgIpc) is 2.60. The average molecular weight is 420 g/mol. The lowest BCUT2D eigenvalue weighted by molar-refractivity contribution is -0.142. The minimum atomic E-state index is -1.18. The second kappa shape index (κ2) is 12.9. The molecule has 28 heavy (non-hydrogen) atoms. The van der Waals surface area contributed by atoms with E-state index in [1.54, 1.807) is 0 Å². The lowest BCUT2D eigenvalue weighted by atomic mass is 10.1. The molecular weight excluding hydrogens is 390 g/mol. The zero-order chi connectivity index (χ0) is 21.9. The van der Waals surface area contributed by atoms with Crippen LogP contribution in [-0.4, -0.2) is 70.9 Å². The monoisotopic (exact) mass is 419 g/mol. The van der Waals surface area contributed by atoms with E-state index >= 15 is 0 Å². The SMILES string of the molecule is CSCCC(NC(=O)C(C)NC(=O)C(CCC(N)=O)NC(=O)C(C)N)C(=O)O. The summed E-state index contributed by atoms with van der Waals surface area (Å²) in [6, 6.07) is -4.14. The summed E-state index contributed by atoms with van der Waals surface area (Å²) < 4.78 is 0. The Morgan fingerprint density at radius 2 is 1.50 bits per heavy atom. The Balaban J connectivity index is 4.95. The zero-order valence-corrected chi connectivity index (χ0v) is 17.0. The van der Waals surface area contributed by atoms with E-state index in [1.165, 1.54) is 25.6 Å². The molecule has 8 N–H and O–H groups in total. The molecule has 0 rings (SSSR count). The third-order valence-electron chi connectivity index (χ3n) is 3.70. The van der Waals surface area contributed by atoms with E-state index in [-0.39, 0.29) is 19.3 Å². The van der Waals surface area contributed by atoms with Crippen molar-refractivity contribution in [2.75, 3.05) is 12.0 Å². The van der Waals surface area contributed by atoms with Crippen molar-refractivity contribution in [1.82, 2.24) is 16.0 Å². The Hall–Kier alpha value is -2.34. The fourth-order valence-electron chi connectivity index (χ4n) is 2.03. The molecule has 4 atom stereocenters. The molecule has 12 heteroatoms. The van der Waals surface area contributed by atoms with Gasteiger partial charge in [0.05, 0.1) is 6.04 Å². The first-order valence-electron chi connectivity index (χ1n) is 8.66. The highest BCUT2D eigenvalue weighted by molar-refractivity contribution is 7.98. The molecule has 0 aromatic heterocycles. The number of carbonyl (C=O) groups is 5. The van der Waals surface area contributed by atoms with Crippen molar-refractivity contribution < 1.29 is 29.1 Å². The van der Waals surface area contributed by atoms with Crippen LogP contribution < -0.4 is 27.4 Å². The fraction of sp³-hybridized carbons (Fsp3) is 0.688. The quantitative estimate of drug-likeness (QED) is 0.195. The molecule has 0 aliphatic rings. The van der Waals surface area contributed by atoms with Gasteiger partial charge in [-0.15, -0.1) is 0 Å². The number of carbonyl (C=O) groups excluding carboxylic acids is 4. The molecule has 0 spiro atoms. The van der Waals surface area contributed by atoms with Crippen LogP contribution in [0.4, 0.5) is 0 Å². The Kier molecular flexibility index (Phi) is 11.9. The Bertz CT molecular complexity index is 586. The predicted octanol–water partition coefficient (Wildman–Crippen LogP) is -2.09. The number of primary amides is 1.